The molecule has 1 aliphatic rings. The van der Waals surface area contributed by atoms with Gasteiger partial charge in [-0.2, -0.15) is 0 Å². The zero-order valence-electron chi connectivity index (χ0n) is 35.2. The molecule has 3 unspecified atom stereocenters. The fourth-order valence-electron chi connectivity index (χ4n) is 5.46. The summed E-state index contributed by atoms with van der Waals surface area (Å²) in [6, 6.07) is -3.33. The quantitative estimate of drug-likeness (QED) is 0.132. The molecule has 3 atom stereocenters. The third-order valence-electron chi connectivity index (χ3n) is 8.67. The van der Waals surface area contributed by atoms with Crippen molar-refractivity contribution in [3.63, 3.8) is 0 Å². The van der Waals surface area contributed by atoms with E-state index in [0.717, 1.165) is 18.2 Å². The monoisotopic (exact) mass is 852 g/mol. The van der Waals surface area contributed by atoms with Crippen LogP contribution < -0.4 is 16.0 Å². The lowest BCUT2D eigenvalue weighted by atomic mass is 10.1. The molecule has 0 spiro atoms. The van der Waals surface area contributed by atoms with Crippen LogP contribution in [-0.2, 0) is 57.4 Å². The van der Waals surface area contributed by atoms with Crippen LogP contribution in [0.3, 0.4) is 0 Å². The molecule has 0 saturated heterocycles. The molecule has 0 saturated carbocycles. The Kier molecular flexibility index (Phi) is 24.4. The average molecular weight is 853 g/mol. The summed E-state index contributed by atoms with van der Waals surface area (Å²) >= 11 is 0. The summed E-state index contributed by atoms with van der Waals surface area (Å²) in [4.78, 5) is 111. The number of hydrogen-bond acceptors (Lipinski definition) is 15. The first-order valence-corrected chi connectivity index (χ1v) is 19.5. The summed E-state index contributed by atoms with van der Waals surface area (Å²) < 4.78 is 15.9. The molecule has 0 radical (unpaired) electrons. The molecule has 0 aromatic rings. The molecule has 21 nitrogen and oxygen atoms in total. The van der Waals surface area contributed by atoms with Crippen molar-refractivity contribution in [2.75, 3.05) is 39.5 Å². The normalized spacial score (nSPS) is 24.9. The maximum atomic E-state index is 12.8. The molecule has 6 N–H and O–H groups in total. The van der Waals surface area contributed by atoms with Gasteiger partial charge in [0, 0.05) is 77.9 Å². The highest BCUT2D eigenvalue weighted by molar-refractivity contribution is 5.89. The fraction of sp³-hybridized carbons (Fsp3) is 0.615. The van der Waals surface area contributed by atoms with Crippen molar-refractivity contribution in [3.05, 3.63) is 34.9 Å². The Bertz CT molecular complexity index is 1440. The maximum Gasteiger partial charge on any atom is 0.328 e. The van der Waals surface area contributed by atoms with Gasteiger partial charge in [0.05, 0.1) is 19.8 Å². The molecule has 0 fully saturated rings. The van der Waals surface area contributed by atoms with Gasteiger partial charge in [-0.3, -0.25) is 44.4 Å². The van der Waals surface area contributed by atoms with Gasteiger partial charge >= 0.3 is 17.9 Å². The lowest BCUT2D eigenvalue weighted by Gasteiger charge is -2.19. The second-order valence-electron chi connectivity index (χ2n) is 14.3. The standard InChI is InChI=1S/C39H60N6O15/c1-25-13-19-58-37(52)31(40-28(4)46)11-8-17-44(56)35(50)23-27(3)15-21-60-39(54)33(42-30(6)48)12-9-18-45(57)36(51)24-26(2)14-20-59-38(53)32(41-29(5)47)10-7-16-43(55)34(49)22-25/h22-24,31-33,55-57H,7-21H2,1-6H3,(H,40,46)(H,41,47)(H,42,48)/b25-22-,26-24-,27-23+. The molecular weight excluding hydrogens is 792 g/mol. The molecule has 0 bridgehead atoms. The second kappa shape index (κ2) is 27.9. The molecule has 336 valence electrons. The lowest BCUT2D eigenvalue weighted by molar-refractivity contribution is -0.160. The van der Waals surface area contributed by atoms with E-state index in [1.807, 2.05) is 0 Å². The number of carbonyl (C=O) groups is 9. The van der Waals surface area contributed by atoms with Crippen LogP contribution >= 0.6 is 0 Å². The van der Waals surface area contributed by atoms with Gasteiger partial charge in [-0.15, -0.1) is 0 Å². The van der Waals surface area contributed by atoms with Gasteiger partial charge in [-0.05, 0) is 59.3 Å². The summed E-state index contributed by atoms with van der Waals surface area (Å²) in [5.74, 6) is -6.32. The number of cyclic esters (lactones) is 3. The number of rotatable bonds is 3. The van der Waals surface area contributed by atoms with Gasteiger partial charge in [0.15, 0.2) is 0 Å². The van der Waals surface area contributed by atoms with Gasteiger partial charge < -0.3 is 30.2 Å². The van der Waals surface area contributed by atoms with Gasteiger partial charge in [0.25, 0.3) is 17.7 Å². The number of carbonyl (C=O) groups excluding carboxylic acids is 9. The predicted octanol–water partition coefficient (Wildman–Crippen LogP) is 1.15. The number of amides is 6. The summed E-state index contributed by atoms with van der Waals surface area (Å²) in [7, 11) is 0. The van der Waals surface area contributed by atoms with Crippen molar-refractivity contribution in [3.8, 4) is 0 Å². The first-order chi connectivity index (χ1) is 28.2. The van der Waals surface area contributed by atoms with Crippen molar-refractivity contribution in [1.29, 1.82) is 0 Å². The van der Waals surface area contributed by atoms with Crippen LogP contribution in [-0.4, -0.2) is 142 Å². The topological polar surface area (TPSA) is 288 Å². The van der Waals surface area contributed by atoms with Crippen LogP contribution in [0.2, 0.25) is 0 Å². The van der Waals surface area contributed by atoms with Crippen LogP contribution in [0.1, 0.15) is 99.3 Å². The van der Waals surface area contributed by atoms with Crippen molar-refractivity contribution < 1.29 is 73.0 Å². The number of nitrogens with one attached hydrogen (secondary N) is 3. The third kappa shape index (κ3) is 22.5. The lowest BCUT2D eigenvalue weighted by Crippen LogP contribution is -2.41. The number of hydrogen-bond donors (Lipinski definition) is 6. The Hall–Kier alpha value is -5.67. The summed E-state index contributed by atoms with van der Waals surface area (Å²) in [6.45, 7) is 7.11. The highest BCUT2D eigenvalue weighted by Gasteiger charge is 2.25. The van der Waals surface area contributed by atoms with Crippen molar-refractivity contribution in [2.24, 2.45) is 0 Å². The largest absolute Gasteiger partial charge is 0.464 e. The molecule has 1 aliphatic heterocycles. The average Bonchev–Trinajstić information content (AvgIpc) is 3.15. The summed E-state index contributed by atoms with van der Waals surface area (Å²) in [6.07, 6.45) is 3.86. The van der Waals surface area contributed by atoms with Crippen molar-refractivity contribution in [2.45, 2.75) is 117 Å². The van der Waals surface area contributed by atoms with Gasteiger partial charge in [0.1, 0.15) is 18.1 Å². The van der Waals surface area contributed by atoms with E-state index in [1.54, 1.807) is 20.8 Å². The fourth-order valence-corrected chi connectivity index (χ4v) is 5.46. The van der Waals surface area contributed by atoms with Crippen LogP contribution in [0.5, 0.6) is 0 Å². The summed E-state index contributed by atoms with van der Waals surface area (Å²) in [5, 5.41) is 39.6. The van der Waals surface area contributed by atoms with Gasteiger partial charge in [0.2, 0.25) is 17.7 Å². The zero-order valence-corrected chi connectivity index (χ0v) is 35.2. The number of nitrogens with zero attached hydrogens (tertiary/aromatic N) is 3. The minimum atomic E-state index is -1.11. The van der Waals surface area contributed by atoms with E-state index in [0.29, 0.717) is 31.9 Å². The first-order valence-electron chi connectivity index (χ1n) is 19.5. The Morgan fingerprint density at radius 3 is 0.950 bits per heavy atom. The Morgan fingerprint density at radius 1 is 0.500 bits per heavy atom. The van der Waals surface area contributed by atoms with E-state index >= 15 is 0 Å². The van der Waals surface area contributed by atoms with E-state index < -0.39 is 71.5 Å². The molecule has 60 heavy (non-hydrogen) atoms. The van der Waals surface area contributed by atoms with Crippen LogP contribution in [0.4, 0.5) is 0 Å². The van der Waals surface area contributed by atoms with Crippen LogP contribution in [0, 0.1) is 0 Å². The minimum absolute atomic E-state index is 0.00642. The summed E-state index contributed by atoms with van der Waals surface area (Å²) in [5.41, 5.74) is 1.32. The molecule has 0 aromatic carbocycles. The number of ether oxygens (including phenoxy) is 3. The van der Waals surface area contributed by atoms with Crippen molar-refractivity contribution >= 4 is 53.4 Å². The Morgan fingerprint density at radius 2 is 0.733 bits per heavy atom. The van der Waals surface area contributed by atoms with Gasteiger partial charge in [-0.1, -0.05) is 16.7 Å². The minimum Gasteiger partial charge on any atom is -0.464 e. The second-order valence-corrected chi connectivity index (χ2v) is 14.3. The highest BCUT2D eigenvalue weighted by atomic mass is 16.5. The smallest absolute Gasteiger partial charge is 0.328 e. The zero-order chi connectivity index (χ0) is 45.4. The van der Waals surface area contributed by atoms with Crippen molar-refractivity contribution in [1.82, 2.24) is 31.1 Å². The predicted molar refractivity (Wildman–Crippen MR) is 209 cm³/mol. The third-order valence-corrected chi connectivity index (χ3v) is 8.67. The molecule has 21 heteroatoms. The van der Waals surface area contributed by atoms with Crippen LogP contribution in [0.25, 0.3) is 0 Å². The number of hydroxylamine groups is 6. The molecule has 1 heterocycles. The van der Waals surface area contributed by atoms with E-state index in [4.69, 9.17) is 14.2 Å². The molecule has 0 aliphatic carbocycles. The van der Waals surface area contributed by atoms with Gasteiger partial charge in [-0.25, -0.2) is 29.6 Å². The van der Waals surface area contributed by atoms with E-state index in [9.17, 15) is 58.8 Å². The van der Waals surface area contributed by atoms with E-state index in [-0.39, 0.29) is 97.2 Å². The SMILES string of the molecule is CC(=O)NC1CCCN(O)C(=O)/C=C(/C)CCOC(=O)C(NC(C)=O)CCCN(O)C(=O)/C=C(\C)CCOC(=O)C(NC(C)=O)CCCN(O)C(=O)/C=C(/C)CCOC1=O. The maximum absolute atomic E-state index is 12.8. The Balaban J connectivity index is 3.15. The molecule has 0 aromatic heterocycles. The first kappa shape index (κ1) is 52.3. The van der Waals surface area contributed by atoms with E-state index in [2.05, 4.69) is 16.0 Å². The molecule has 1 rings (SSSR count). The van der Waals surface area contributed by atoms with Crippen LogP contribution in [0.15, 0.2) is 34.9 Å². The Labute approximate surface area is 349 Å². The molecule has 6 amide bonds. The highest BCUT2D eigenvalue weighted by Crippen LogP contribution is 2.11. The van der Waals surface area contributed by atoms with E-state index in [1.165, 1.54) is 20.8 Å². The molecular formula is C39H60N6O15. The number of esters is 3.